The molecule has 1 atom stereocenters. The second-order valence-electron chi connectivity index (χ2n) is 4.06. The van der Waals surface area contributed by atoms with E-state index in [1.807, 2.05) is 24.3 Å². The minimum Gasteiger partial charge on any atom is -0.481 e. The summed E-state index contributed by atoms with van der Waals surface area (Å²) in [5, 5.41) is 16.8. The van der Waals surface area contributed by atoms with Crippen molar-refractivity contribution in [2.45, 2.75) is 13.3 Å². The molecule has 2 rings (SSSR count). The highest BCUT2D eigenvalue weighted by atomic mass is 79.9. The van der Waals surface area contributed by atoms with Gasteiger partial charge in [0.05, 0.1) is 23.5 Å². The first-order valence-electron chi connectivity index (χ1n) is 5.46. The van der Waals surface area contributed by atoms with Crippen molar-refractivity contribution >= 4 is 21.9 Å². The molecule has 1 aromatic carbocycles. The van der Waals surface area contributed by atoms with E-state index >= 15 is 0 Å². The van der Waals surface area contributed by atoms with Gasteiger partial charge >= 0.3 is 5.97 Å². The summed E-state index contributed by atoms with van der Waals surface area (Å²) in [6, 6.07) is 7.61. The van der Waals surface area contributed by atoms with E-state index in [0.29, 0.717) is 6.42 Å². The Kier molecular flexibility index (Phi) is 3.76. The maximum Gasteiger partial charge on any atom is 0.306 e. The summed E-state index contributed by atoms with van der Waals surface area (Å²) in [6.45, 7) is 1.67. The van der Waals surface area contributed by atoms with Crippen LogP contribution >= 0.6 is 15.9 Å². The Bertz CT molecular complexity index is 568. The third kappa shape index (κ3) is 2.76. The number of hydrogen-bond donors (Lipinski definition) is 1. The molecule has 0 bridgehead atoms. The lowest BCUT2D eigenvalue weighted by Gasteiger charge is -2.08. The number of carboxylic acid groups (broad SMARTS) is 1. The molecule has 0 aliphatic heterocycles. The van der Waals surface area contributed by atoms with Crippen molar-refractivity contribution in [2.75, 3.05) is 0 Å². The largest absolute Gasteiger partial charge is 0.481 e. The van der Waals surface area contributed by atoms with E-state index in [-0.39, 0.29) is 0 Å². The van der Waals surface area contributed by atoms with Crippen LogP contribution in [0, 0.1) is 5.92 Å². The maximum atomic E-state index is 10.9. The number of aliphatic carboxylic acids is 1. The zero-order valence-corrected chi connectivity index (χ0v) is 11.3. The number of aromatic nitrogens is 3. The highest BCUT2D eigenvalue weighted by Crippen LogP contribution is 2.17. The Morgan fingerprint density at radius 2 is 2.33 bits per heavy atom. The summed E-state index contributed by atoms with van der Waals surface area (Å²) >= 11 is 3.39. The lowest BCUT2D eigenvalue weighted by atomic mass is 10.1. The maximum absolute atomic E-state index is 10.9. The van der Waals surface area contributed by atoms with Crippen molar-refractivity contribution in [1.82, 2.24) is 15.0 Å². The number of halogens is 1. The molecule has 2 aromatic rings. The van der Waals surface area contributed by atoms with Crippen molar-refractivity contribution in [1.29, 1.82) is 0 Å². The molecule has 5 nitrogen and oxygen atoms in total. The standard InChI is InChI=1S/C12H12BrN3O2/c1-8(12(17)18)5-11-7-14-15-16(11)10-4-2-3-9(13)6-10/h2-4,6-8H,5H2,1H3,(H,17,18). The van der Waals surface area contributed by atoms with Gasteiger partial charge in [-0.05, 0) is 18.2 Å². The van der Waals surface area contributed by atoms with E-state index in [9.17, 15) is 4.79 Å². The molecule has 0 saturated carbocycles. The molecule has 0 aliphatic carbocycles. The number of carbonyl (C=O) groups is 1. The molecule has 18 heavy (non-hydrogen) atoms. The van der Waals surface area contributed by atoms with E-state index in [1.165, 1.54) is 0 Å². The fraction of sp³-hybridized carbons (Fsp3) is 0.250. The summed E-state index contributed by atoms with van der Waals surface area (Å²) in [5.41, 5.74) is 1.64. The number of rotatable bonds is 4. The highest BCUT2D eigenvalue weighted by molar-refractivity contribution is 9.10. The van der Waals surface area contributed by atoms with E-state index in [4.69, 9.17) is 5.11 Å². The first-order chi connectivity index (χ1) is 8.58. The molecular formula is C12H12BrN3O2. The van der Waals surface area contributed by atoms with Crippen LogP contribution in [0.4, 0.5) is 0 Å². The molecule has 94 valence electrons. The molecule has 1 N–H and O–H groups in total. The van der Waals surface area contributed by atoms with Crippen LogP contribution < -0.4 is 0 Å². The first-order valence-corrected chi connectivity index (χ1v) is 6.25. The number of carboxylic acids is 1. The smallest absolute Gasteiger partial charge is 0.306 e. The molecule has 1 unspecified atom stereocenters. The van der Waals surface area contributed by atoms with Gasteiger partial charge in [-0.15, -0.1) is 5.10 Å². The van der Waals surface area contributed by atoms with Gasteiger partial charge in [-0.25, -0.2) is 4.68 Å². The fourth-order valence-electron chi connectivity index (χ4n) is 1.62. The lowest BCUT2D eigenvalue weighted by Crippen LogP contribution is -2.15. The topological polar surface area (TPSA) is 68.0 Å². The zero-order chi connectivity index (χ0) is 13.1. The Labute approximate surface area is 113 Å². The van der Waals surface area contributed by atoms with E-state index in [2.05, 4.69) is 26.2 Å². The number of benzene rings is 1. The van der Waals surface area contributed by atoms with Gasteiger partial charge in [0.2, 0.25) is 0 Å². The minimum absolute atomic E-state index is 0.398. The third-order valence-electron chi connectivity index (χ3n) is 2.61. The molecule has 0 saturated heterocycles. The summed E-state index contributed by atoms with van der Waals surface area (Å²) in [4.78, 5) is 10.9. The zero-order valence-electron chi connectivity index (χ0n) is 9.75. The SMILES string of the molecule is CC(Cc1cnnn1-c1cccc(Br)c1)C(=O)O. The average Bonchev–Trinajstić information content (AvgIpc) is 2.77. The van der Waals surface area contributed by atoms with Gasteiger partial charge in [0.25, 0.3) is 0 Å². The molecular weight excluding hydrogens is 298 g/mol. The summed E-state index contributed by atoms with van der Waals surface area (Å²) in [7, 11) is 0. The van der Waals surface area contributed by atoms with Gasteiger partial charge < -0.3 is 5.11 Å². The summed E-state index contributed by atoms with van der Waals surface area (Å²) < 4.78 is 2.59. The van der Waals surface area contributed by atoms with E-state index in [0.717, 1.165) is 15.9 Å². The Hall–Kier alpha value is -1.69. The van der Waals surface area contributed by atoms with Gasteiger partial charge in [-0.1, -0.05) is 34.1 Å². The van der Waals surface area contributed by atoms with Crippen LogP contribution in [0.1, 0.15) is 12.6 Å². The predicted molar refractivity (Wildman–Crippen MR) is 69.6 cm³/mol. The Morgan fingerprint density at radius 1 is 1.56 bits per heavy atom. The molecule has 0 radical (unpaired) electrons. The minimum atomic E-state index is -0.822. The van der Waals surface area contributed by atoms with Crippen molar-refractivity contribution in [3.8, 4) is 5.69 Å². The number of hydrogen-bond acceptors (Lipinski definition) is 3. The lowest BCUT2D eigenvalue weighted by molar-refractivity contribution is -0.141. The van der Waals surface area contributed by atoms with Crippen LogP contribution in [0.25, 0.3) is 5.69 Å². The van der Waals surface area contributed by atoms with E-state index < -0.39 is 11.9 Å². The highest BCUT2D eigenvalue weighted by Gasteiger charge is 2.15. The Morgan fingerprint density at radius 3 is 3.00 bits per heavy atom. The average molecular weight is 310 g/mol. The van der Waals surface area contributed by atoms with Crippen molar-refractivity contribution < 1.29 is 9.90 Å². The molecule has 0 aliphatic rings. The molecule has 1 aromatic heterocycles. The van der Waals surface area contributed by atoms with Crippen LogP contribution in [0.3, 0.4) is 0 Å². The third-order valence-corrected chi connectivity index (χ3v) is 3.10. The van der Waals surface area contributed by atoms with Gasteiger partial charge in [-0.2, -0.15) is 0 Å². The van der Waals surface area contributed by atoms with Crippen LogP contribution in [-0.4, -0.2) is 26.1 Å². The van der Waals surface area contributed by atoms with E-state index in [1.54, 1.807) is 17.8 Å². The summed E-state index contributed by atoms with van der Waals surface area (Å²) in [5.74, 6) is -1.29. The normalized spacial score (nSPS) is 12.3. The molecule has 0 amide bonds. The first kappa shape index (κ1) is 12.8. The van der Waals surface area contributed by atoms with Crippen LogP contribution in [0.2, 0.25) is 0 Å². The van der Waals surface area contributed by atoms with Crippen LogP contribution in [0.5, 0.6) is 0 Å². The molecule has 0 spiro atoms. The van der Waals surface area contributed by atoms with Crippen molar-refractivity contribution in [2.24, 2.45) is 5.92 Å². The fourth-order valence-corrected chi connectivity index (χ4v) is 2.01. The van der Waals surface area contributed by atoms with Gasteiger partial charge in [0.1, 0.15) is 0 Å². The second kappa shape index (κ2) is 5.30. The quantitative estimate of drug-likeness (QED) is 0.941. The number of nitrogens with zero attached hydrogens (tertiary/aromatic N) is 3. The predicted octanol–water partition coefficient (Wildman–Crippen LogP) is 2.29. The van der Waals surface area contributed by atoms with Gasteiger partial charge in [-0.3, -0.25) is 4.79 Å². The second-order valence-corrected chi connectivity index (χ2v) is 4.98. The van der Waals surface area contributed by atoms with Crippen LogP contribution in [-0.2, 0) is 11.2 Å². The molecule has 1 heterocycles. The van der Waals surface area contributed by atoms with Crippen molar-refractivity contribution in [3.63, 3.8) is 0 Å². The van der Waals surface area contributed by atoms with Crippen LogP contribution in [0.15, 0.2) is 34.9 Å². The van der Waals surface area contributed by atoms with Crippen molar-refractivity contribution in [3.05, 3.63) is 40.6 Å². The molecule has 6 heteroatoms. The van der Waals surface area contributed by atoms with Gasteiger partial charge in [0, 0.05) is 10.9 Å². The van der Waals surface area contributed by atoms with Gasteiger partial charge in [0.15, 0.2) is 0 Å². The molecule has 0 fully saturated rings. The summed E-state index contributed by atoms with van der Waals surface area (Å²) in [6.07, 6.45) is 2.00. The monoisotopic (exact) mass is 309 g/mol. The Balaban J connectivity index is 2.30.